The Hall–Kier alpha value is 0.408. The molecule has 0 aromatic rings. The van der Waals surface area contributed by atoms with Crippen LogP contribution in [0.3, 0.4) is 0 Å². The second-order valence-corrected chi connectivity index (χ2v) is 34.4. The van der Waals surface area contributed by atoms with Gasteiger partial charge in [0.1, 0.15) is 0 Å². The van der Waals surface area contributed by atoms with Gasteiger partial charge < -0.3 is 4.43 Å². The van der Waals surface area contributed by atoms with Crippen molar-refractivity contribution in [3.63, 3.8) is 0 Å². The molecule has 0 aromatic carbocycles. The molecule has 0 N–H and O–H groups in total. The first kappa shape index (κ1) is 24.4. The minimum Gasteiger partial charge on any atom is -0.549 e. The molecule has 0 saturated heterocycles. The summed E-state index contributed by atoms with van der Waals surface area (Å²) in [4.78, 5) is 0. The van der Waals surface area contributed by atoms with E-state index in [1.165, 1.54) is 6.42 Å². The molecule has 0 aliphatic rings. The highest BCUT2D eigenvalue weighted by Crippen LogP contribution is 2.56. The second-order valence-electron chi connectivity index (χ2n) is 12.1. The molecule has 0 fully saturated rings. The van der Waals surface area contributed by atoms with Gasteiger partial charge >= 0.3 is 0 Å². The molecule has 0 aromatic heterocycles. The molecular formula is C19H46OSi4. The van der Waals surface area contributed by atoms with E-state index in [9.17, 15) is 0 Å². The molecule has 0 amide bonds. The van der Waals surface area contributed by atoms with Gasteiger partial charge in [-0.2, -0.15) is 0 Å². The molecule has 0 bridgehead atoms. The normalized spacial score (nSPS) is 15.9. The summed E-state index contributed by atoms with van der Waals surface area (Å²) in [5.74, 6) is 0. The van der Waals surface area contributed by atoms with Gasteiger partial charge in [0.15, 0.2) is 0 Å². The van der Waals surface area contributed by atoms with E-state index in [1.807, 2.05) is 0 Å². The average Bonchev–Trinajstić information content (AvgIpc) is 2.20. The molecule has 0 aliphatic heterocycles. The average molecular weight is 403 g/mol. The molecule has 1 nitrogen and oxygen atoms in total. The number of allylic oxidation sites excluding steroid dienone is 1. The van der Waals surface area contributed by atoms with Crippen molar-refractivity contribution in [3.8, 4) is 0 Å². The van der Waals surface area contributed by atoms with Gasteiger partial charge in [-0.05, 0) is 28.8 Å². The topological polar surface area (TPSA) is 9.23 Å². The Labute approximate surface area is 157 Å². The van der Waals surface area contributed by atoms with Gasteiger partial charge in [0.2, 0.25) is 8.32 Å². The molecular weight excluding hydrogens is 357 g/mol. The van der Waals surface area contributed by atoms with Crippen LogP contribution in [-0.4, -0.2) is 32.5 Å². The van der Waals surface area contributed by atoms with Gasteiger partial charge in [-0.15, -0.1) is 0 Å². The molecule has 0 heterocycles. The molecule has 5 heteroatoms. The lowest BCUT2D eigenvalue weighted by Gasteiger charge is -2.59. The zero-order chi connectivity index (χ0) is 19.8. The van der Waals surface area contributed by atoms with Crippen molar-refractivity contribution in [2.45, 2.75) is 109 Å². The molecule has 0 aliphatic carbocycles. The van der Waals surface area contributed by atoms with E-state index in [-0.39, 0.29) is 5.04 Å². The van der Waals surface area contributed by atoms with Crippen molar-refractivity contribution in [3.05, 3.63) is 12.3 Å². The maximum absolute atomic E-state index is 6.33. The van der Waals surface area contributed by atoms with Gasteiger partial charge in [0.25, 0.3) is 0 Å². The molecule has 0 spiro atoms. The summed E-state index contributed by atoms with van der Waals surface area (Å²) in [6.07, 6.45) is 5.70. The summed E-state index contributed by atoms with van der Waals surface area (Å²) in [6, 6.07) is 0. The van der Waals surface area contributed by atoms with Crippen molar-refractivity contribution < 1.29 is 4.43 Å². The zero-order valence-electron chi connectivity index (χ0n) is 19.3. The first-order valence-corrected chi connectivity index (χ1v) is 22.9. The predicted molar refractivity (Wildman–Crippen MR) is 125 cm³/mol. The Balaban J connectivity index is 5.67. The molecule has 24 heavy (non-hydrogen) atoms. The number of hydrogen-bond acceptors (Lipinski definition) is 1. The third kappa shape index (κ3) is 4.98. The first-order valence-electron chi connectivity index (χ1n) is 9.53. The minimum atomic E-state index is -1.69. The van der Waals surface area contributed by atoms with Crippen LogP contribution in [-0.2, 0) is 4.43 Å². The predicted octanol–water partition coefficient (Wildman–Crippen LogP) is 7.75. The fourth-order valence-electron chi connectivity index (χ4n) is 4.91. The van der Waals surface area contributed by atoms with E-state index < -0.39 is 32.5 Å². The lowest BCUT2D eigenvalue weighted by Crippen LogP contribution is -2.65. The van der Waals surface area contributed by atoms with Crippen LogP contribution in [0.4, 0.5) is 0 Å². The maximum atomic E-state index is 6.33. The Kier molecular flexibility index (Phi) is 7.32. The van der Waals surface area contributed by atoms with Gasteiger partial charge in [-0.1, -0.05) is 85.8 Å². The highest BCUT2D eigenvalue weighted by molar-refractivity contribution is 7.15. The van der Waals surface area contributed by atoms with Crippen LogP contribution in [0, 0.1) is 0 Å². The summed E-state index contributed by atoms with van der Waals surface area (Å²) in [5, 5.41) is 0.269. The number of hydrogen-bond donors (Lipinski definition) is 0. The third-order valence-electron chi connectivity index (χ3n) is 6.53. The Bertz CT molecular complexity index is 404. The van der Waals surface area contributed by atoms with E-state index in [2.05, 4.69) is 105 Å². The number of rotatable bonds is 7. The first-order chi connectivity index (χ1) is 10.2. The summed E-state index contributed by atoms with van der Waals surface area (Å²) in [6.45, 7) is 35.0. The smallest absolute Gasteiger partial charge is 0.249 e. The fraction of sp³-hybridized carbons (Fsp3) is 0.895. The third-order valence-corrected chi connectivity index (χ3v) is 32.7. The van der Waals surface area contributed by atoms with E-state index in [4.69, 9.17) is 4.43 Å². The second kappa shape index (κ2) is 7.20. The quantitative estimate of drug-likeness (QED) is 0.312. The van der Waals surface area contributed by atoms with Crippen LogP contribution in [0.2, 0.25) is 81.3 Å². The van der Waals surface area contributed by atoms with Crippen LogP contribution in [0.5, 0.6) is 0 Å². The van der Waals surface area contributed by atoms with Crippen molar-refractivity contribution in [1.82, 2.24) is 0 Å². The van der Waals surface area contributed by atoms with Crippen LogP contribution in [0.25, 0.3) is 0 Å². The van der Waals surface area contributed by atoms with Crippen molar-refractivity contribution in [2.24, 2.45) is 0 Å². The Morgan fingerprint density at radius 2 is 1.00 bits per heavy atom. The largest absolute Gasteiger partial charge is 0.549 e. The molecule has 0 unspecified atom stereocenters. The Morgan fingerprint density at radius 1 is 0.667 bits per heavy atom. The SMILES string of the molecule is CC(C)(C)[Si](C)(C)O/C=C/CC([Si](C)(C)C)([Si](C)(C)C)[Si](C)(C)C. The summed E-state index contributed by atoms with van der Waals surface area (Å²) >= 11 is 0. The minimum absolute atomic E-state index is 0.269. The van der Waals surface area contributed by atoms with Crippen LogP contribution in [0.15, 0.2) is 12.3 Å². The lowest BCUT2D eigenvalue weighted by atomic mass is 10.2. The van der Waals surface area contributed by atoms with E-state index in [0.717, 1.165) is 0 Å². The van der Waals surface area contributed by atoms with Gasteiger partial charge in [0.05, 0.1) is 6.26 Å². The summed E-state index contributed by atoms with van der Waals surface area (Å²) in [5.41, 5.74) is 0. The van der Waals surface area contributed by atoms with Gasteiger partial charge in [-0.3, -0.25) is 0 Å². The van der Waals surface area contributed by atoms with Crippen LogP contribution in [0.1, 0.15) is 27.2 Å². The highest BCUT2D eigenvalue weighted by Gasteiger charge is 2.58. The standard InChI is InChI=1S/C19H46OSi4/c1-18(2,3)24(13,14)20-17-15-16-19(21(4,5)6,22(7,8)9)23(10,11)12/h15,17H,16H2,1-14H3/b17-15+. The van der Waals surface area contributed by atoms with Crippen molar-refractivity contribution in [2.75, 3.05) is 0 Å². The van der Waals surface area contributed by atoms with E-state index >= 15 is 0 Å². The van der Waals surface area contributed by atoms with Crippen LogP contribution < -0.4 is 0 Å². The lowest BCUT2D eigenvalue weighted by molar-refractivity contribution is 0.428. The molecule has 0 radical (unpaired) electrons. The maximum Gasteiger partial charge on any atom is 0.249 e. The molecule has 144 valence electrons. The highest BCUT2D eigenvalue weighted by atomic mass is 28.5. The monoisotopic (exact) mass is 402 g/mol. The van der Waals surface area contributed by atoms with Crippen molar-refractivity contribution in [1.29, 1.82) is 0 Å². The molecule has 0 saturated carbocycles. The van der Waals surface area contributed by atoms with Crippen LogP contribution >= 0.6 is 0 Å². The van der Waals surface area contributed by atoms with E-state index in [0.29, 0.717) is 4.28 Å². The van der Waals surface area contributed by atoms with E-state index in [1.54, 1.807) is 0 Å². The zero-order valence-corrected chi connectivity index (χ0v) is 23.3. The van der Waals surface area contributed by atoms with Gasteiger partial charge in [-0.25, -0.2) is 0 Å². The summed E-state index contributed by atoms with van der Waals surface area (Å²) in [7, 11) is -5.63. The Morgan fingerprint density at radius 3 is 1.25 bits per heavy atom. The molecule has 0 rings (SSSR count). The molecule has 0 atom stereocenters. The van der Waals surface area contributed by atoms with Gasteiger partial charge in [0, 0.05) is 24.2 Å². The van der Waals surface area contributed by atoms with Crippen molar-refractivity contribution >= 4 is 32.5 Å². The fourth-order valence-corrected chi connectivity index (χ4v) is 34.9. The summed E-state index contributed by atoms with van der Waals surface area (Å²) < 4.78 is 6.92.